The number of ether oxygens (including phenoxy) is 1. The first-order valence-corrected chi connectivity index (χ1v) is 7.27. The van der Waals surface area contributed by atoms with Crippen molar-refractivity contribution in [2.75, 3.05) is 19.8 Å². The normalized spacial score (nSPS) is 24.9. The highest BCUT2D eigenvalue weighted by atomic mass is 19.4. The number of nitrogens with one attached hydrogen (secondary N) is 1. The molecule has 2 nitrogen and oxygen atoms in total. The van der Waals surface area contributed by atoms with Crippen molar-refractivity contribution in [3.63, 3.8) is 0 Å². The van der Waals surface area contributed by atoms with Crippen LogP contribution in [0.4, 0.5) is 13.2 Å². The number of hydrogen-bond acceptors (Lipinski definition) is 2. The van der Waals surface area contributed by atoms with Gasteiger partial charge < -0.3 is 10.1 Å². The van der Waals surface area contributed by atoms with Crippen LogP contribution in [-0.4, -0.2) is 32.0 Å². The third-order valence-corrected chi connectivity index (χ3v) is 3.49. The van der Waals surface area contributed by atoms with Crippen LogP contribution in [0, 0.1) is 11.8 Å². The molecular weight excluding hydrogens is 255 g/mol. The van der Waals surface area contributed by atoms with Crippen molar-refractivity contribution < 1.29 is 17.9 Å². The van der Waals surface area contributed by atoms with Gasteiger partial charge in [-0.15, -0.1) is 0 Å². The maximum absolute atomic E-state index is 12.6. The Morgan fingerprint density at radius 1 is 1.26 bits per heavy atom. The highest BCUT2D eigenvalue weighted by molar-refractivity contribution is 4.81. The molecule has 0 aromatic rings. The highest BCUT2D eigenvalue weighted by Gasteiger charge is 2.41. The Labute approximate surface area is 114 Å². The molecule has 0 aromatic carbocycles. The molecule has 0 spiro atoms. The number of rotatable bonds is 7. The topological polar surface area (TPSA) is 21.3 Å². The number of alkyl halides is 3. The third-order valence-electron chi connectivity index (χ3n) is 3.49. The van der Waals surface area contributed by atoms with Crippen molar-refractivity contribution >= 4 is 0 Å². The molecule has 1 aliphatic rings. The summed E-state index contributed by atoms with van der Waals surface area (Å²) in [7, 11) is 0. The Bertz CT molecular complexity index is 243. The largest absolute Gasteiger partial charge is 0.391 e. The van der Waals surface area contributed by atoms with Crippen molar-refractivity contribution in [1.82, 2.24) is 5.32 Å². The lowest BCUT2D eigenvalue weighted by Crippen LogP contribution is -2.39. The molecule has 0 aromatic heterocycles. The molecule has 114 valence electrons. The summed E-state index contributed by atoms with van der Waals surface area (Å²) < 4.78 is 43.3. The first-order chi connectivity index (χ1) is 8.89. The molecule has 1 aliphatic carbocycles. The Kier molecular flexibility index (Phi) is 7.15. The highest BCUT2D eigenvalue weighted by Crippen LogP contribution is 2.37. The summed E-state index contributed by atoms with van der Waals surface area (Å²) >= 11 is 0. The van der Waals surface area contributed by atoms with E-state index < -0.39 is 12.1 Å². The Balaban J connectivity index is 2.09. The van der Waals surface area contributed by atoms with Crippen LogP contribution in [-0.2, 0) is 4.74 Å². The monoisotopic (exact) mass is 281 g/mol. The van der Waals surface area contributed by atoms with Gasteiger partial charge in [0.25, 0.3) is 0 Å². The molecule has 0 aliphatic heterocycles. The number of halogens is 3. The zero-order valence-electron chi connectivity index (χ0n) is 11.9. The van der Waals surface area contributed by atoms with Gasteiger partial charge in [0.05, 0.1) is 5.92 Å². The lowest BCUT2D eigenvalue weighted by atomic mass is 9.85. The molecule has 0 saturated heterocycles. The van der Waals surface area contributed by atoms with Crippen LogP contribution in [0.5, 0.6) is 0 Å². The van der Waals surface area contributed by atoms with Crippen molar-refractivity contribution in [2.45, 2.75) is 58.2 Å². The van der Waals surface area contributed by atoms with Gasteiger partial charge in [0, 0.05) is 19.3 Å². The predicted molar refractivity (Wildman–Crippen MR) is 70.1 cm³/mol. The molecule has 0 bridgehead atoms. The predicted octanol–water partition coefficient (Wildman–Crippen LogP) is 3.76. The van der Waals surface area contributed by atoms with Gasteiger partial charge in [-0.1, -0.05) is 20.3 Å². The van der Waals surface area contributed by atoms with E-state index in [0.29, 0.717) is 25.4 Å². The van der Waals surface area contributed by atoms with Crippen molar-refractivity contribution in [3.05, 3.63) is 0 Å². The van der Waals surface area contributed by atoms with Crippen LogP contribution >= 0.6 is 0 Å². The minimum absolute atomic E-state index is 0.0190. The van der Waals surface area contributed by atoms with Gasteiger partial charge in [0.15, 0.2) is 0 Å². The van der Waals surface area contributed by atoms with Gasteiger partial charge in [0.1, 0.15) is 0 Å². The molecule has 0 heterocycles. The average molecular weight is 281 g/mol. The van der Waals surface area contributed by atoms with E-state index in [-0.39, 0.29) is 12.5 Å². The van der Waals surface area contributed by atoms with Gasteiger partial charge in [-0.25, -0.2) is 0 Å². The van der Waals surface area contributed by atoms with E-state index in [4.69, 9.17) is 4.74 Å². The van der Waals surface area contributed by atoms with Gasteiger partial charge in [-0.3, -0.25) is 0 Å². The van der Waals surface area contributed by atoms with Gasteiger partial charge in [0.2, 0.25) is 0 Å². The summed E-state index contributed by atoms with van der Waals surface area (Å²) in [6, 6.07) is 0.0190. The van der Waals surface area contributed by atoms with Crippen LogP contribution in [0.3, 0.4) is 0 Å². The standard InChI is InChI=1S/C14H26F3NO/c1-11(2)10-19-8-4-7-18-13-6-3-5-12(9-13)14(15,16)17/h11-13,18H,3-10H2,1-2H3. The minimum atomic E-state index is -4.03. The van der Waals surface area contributed by atoms with E-state index in [1.54, 1.807) is 0 Å². The molecule has 1 N–H and O–H groups in total. The first-order valence-electron chi connectivity index (χ1n) is 7.27. The molecule has 1 saturated carbocycles. The lowest BCUT2D eigenvalue weighted by molar-refractivity contribution is -0.183. The average Bonchev–Trinajstić information content (AvgIpc) is 2.32. The summed E-state index contributed by atoms with van der Waals surface area (Å²) in [4.78, 5) is 0. The maximum Gasteiger partial charge on any atom is 0.391 e. The lowest BCUT2D eigenvalue weighted by Gasteiger charge is -2.31. The summed E-state index contributed by atoms with van der Waals surface area (Å²) in [5.74, 6) is -0.588. The second kappa shape index (κ2) is 8.10. The molecule has 1 fully saturated rings. The summed E-state index contributed by atoms with van der Waals surface area (Å²) in [5, 5.41) is 3.23. The summed E-state index contributed by atoms with van der Waals surface area (Å²) in [6.07, 6.45) is -1.11. The number of hydrogen-bond donors (Lipinski definition) is 1. The van der Waals surface area contributed by atoms with E-state index in [1.165, 1.54) is 0 Å². The summed E-state index contributed by atoms with van der Waals surface area (Å²) in [5.41, 5.74) is 0. The van der Waals surface area contributed by atoms with Crippen LogP contribution < -0.4 is 5.32 Å². The molecule has 0 amide bonds. The van der Waals surface area contributed by atoms with Gasteiger partial charge in [-0.2, -0.15) is 13.2 Å². The zero-order valence-corrected chi connectivity index (χ0v) is 11.9. The molecule has 2 unspecified atom stereocenters. The molecule has 19 heavy (non-hydrogen) atoms. The Hall–Kier alpha value is -0.290. The van der Waals surface area contributed by atoms with Crippen molar-refractivity contribution in [1.29, 1.82) is 0 Å². The van der Waals surface area contributed by atoms with Gasteiger partial charge >= 0.3 is 6.18 Å². The SMILES string of the molecule is CC(C)COCCCNC1CCCC(C(F)(F)F)C1. The van der Waals surface area contributed by atoms with Gasteiger partial charge in [-0.05, 0) is 38.1 Å². The molecule has 0 radical (unpaired) electrons. The zero-order chi connectivity index (χ0) is 14.3. The smallest absolute Gasteiger partial charge is 0.381 e. The van der Waals surface area contributed by atoms with E-state index in [1.807, 2.05) is 0 Å². The van der Waals surface area contributed by atoms with E-state index in [0.717, 1.165) is 26.0 Å². The molecule has 2 atom stereocenters. The Morgan fingerprint density at radius 3 is 2.63 bits per heavy atom. The second-order valence-corrected chi connectivity index (χ2v) is 5.88. The minimum Gasteiger partial charge on any atom is -0.381 e. The maximum atomic E-state index is 12.6. The third kappa shape index (κ3) is 7.16. The van der Waals surface area contributed by atoms with Crippen LogP contribution in [0.25, 0.3) is 0 Å². The van der Waals surface area contributed by atoms with Crippen molar-refractivity contribution in [2.24, 2.45) is 11.8 Å². The van der Waals surface area contributed by atoms with Crippen LogP contribution in [0.1, 0.15) is 46.0 Å². The fourth-order valence-electron chi connectivity index (χ4n) is 2.47. The molecule has 5 heteroatoms. The van der Waals surface area contributed by atoms with E-state index in [9.17, 15) is 13.2 Å². The fraction of sp³-hybridized carbons (Fsp3) is 1.00. The van der Waals surface area contributed by atoms with Crippen LogP contribution in [0.2, 0.25) is 0 Å². The Morgan fingerprint density at radius 2 is 2.00 bits per heavy atom. The van der Waals surface area contributed by atoms with Crippen molar-refractivity contribution in [3.8, 4) is 0 Å². The first kappa shape index (κ1) is 16.8. The second-order valence-electron chi connectivity index (χ2n) is 5.88. The van der Waals surface area contributed by atoms with Crippen LogP contribution in [0.15, 0.2) is 0 Å². The van der Waals surface area contributed by atoms with E-state index >= 15 is 0 Å². The quantitative estimate of drug-likeness (QED) is 0.717. The molecule has 1 rings (SSSR count). The molecular formula is C14H26F3NO. The fourth-order valence-corrected chi connectivity index (χ4v) is 2.47. The van der Waals surface area contributed by atoms with E-state index in [2.05, 4.69) is 19.2 Å². The summed E-state index contributed by atoms with van der Waals surface area (Å²) in [6.45, 7) is 6.36.